The van der Waals surface area contributed by atoms with Gasteiger partial charge in [0.15, 0.2) is 0 Å². The molecule has 1 amide bonds. The molecule has 2 nitrogen and oxygen atoms in total. The highest BCUT2D eigenvalue weighted by Crippen LogP contribution is 2.20. The predicted molar refractivity (Wildman–Crippen MR) is 75.1 cm³/mol. The molecule has 1 unspecified atom stereocenters. The topological polar surface area (TPSA) is 29.1 Å². The molecule has 0 saturated carbocycles. The number of hydrogen-bond acceptors (Lipinski definition) is 2. The summed E-state index contributed by atoms with van der Waals surface area (Å²) in [5, 5.41) is 2.73. The molecule has 4 heteroatoms. The second-order valence-corrected chi connectivity index (χ2v) is 6.61. The van der Waals surface area contributed by atoms with Crippen LogP contribution in [0.5, 0.6) is 0 Å². The van der Waals surface area contributed by atoms with Crippen LogP contribution in [0.15, 0.2) is 24.3 Å². The maximum atomic E-state index is 13.4. The molecular weight excluding hydrogens is 249 g/mol. The maximum Gasteiger partial charge on any atom is 0.233 e. The van der Waals surface area contributed by atoms with E-state index in [0.717, 1.165) is 0 Å². The lowest BCUT2D eigenvalue weighted by atomic mass is 10.1. The maximum absolute atomic E-state index is 13.4. The van der Waals surface area contributed by atoms with Gasteiger partial charge in [0.05, 0.1) is 5.25 Å². The van der Waals surface area contributed by atoms with Crippen molar-refractivity contribution < 1.29 is 9.18 Å². The van der Waals surface area contributed by atoms with Gasteiger partial charge >= 0.3 is 0 Å². The van der Waals surface area contributed by atoms with E-state index in [1.807, 2.05) is 27.7 Å². The first-order valence-electron chi connectivity index (χ1n) is 5.96. The quantitative estimate of drug-likeness (QED) is 0.908. The average Bonchev–Trinajstić information content (AvgIpc) is 2.25. The molecule has 1 aromatic carbocycles. The van der Waals surface area contributed by atoms with Crippen molar-refractivity contribution in [2.45, 2.75) is 44.2 Å². The molecule has 0 aliphatic heterocycles. The van der Waals surface area contributed by atoms with Gasteiger partial charge in [-0.25, -0.2) is 4.39 Å². The first kappa shape index (κ1) is 15.0. The molecule has 0 bridgehead atoms. The van der Waals surface area contributed by atoms with E-state index in [-0.39, 0.29) is 22.5 Å². The smallest absolute Gasteiger partial charge is 0.233 e. The van der Waals surface area contributed by atoms with Crippen LogP contribution in [0.4, 0.5) is 4.39 Å². The van der Waals surface area contributed by atoms with Gasteiger partial charge in [0, 0.05) is 11.3 Å². The number of thioether (sulfide) groups is 1. The van der Waals surface area contributed by atoms with Gasteiger partial charge in [0.2, 0.25) is 5.91 Å². The third-order valence-corrected chi connectivity index (χ3v) is 3.51. The van der Waals surface area contributed by atoms with Crippen LogP contribution in [0, 0.1) is 5.82 Å². The third-order valence-electron chi connectivity index (χ3n) is 2.31. The van der Waals surface area contributed by atoms with Crippen LogP contribution in [0.1, 0.15) is 33.3 Å². The van der Waals surface area contributed by atoms with Gasteiger partial charge in [-0.2, -0.15) is 0 Å². The molecule has 1 atom stereocenters. The molecule has 0 aliphatic rings. The van der Waals surface area contributed by atoms with E-state index in [2.05, 4.69) is 5.32 Å². The molecule has 0 aromatic heterocycles. The van der Waals surface area contributed by atoms with Crippen LogP contribution in [0.3, 0.4) is 0 Å². The molecule has 1 rings (SSSR count). The summed E-state index contributed by atoms with van der Waals surface area (Å²) in [5.41, 5.74) is 0.405. The van der Waals surface area contributed by atoms with Gasteiger partial charge in [0.25, 0.3) is 0 Å². The molecular formula is C14H20FNOS. The number of hydrogen-bond donors (Lipinski definition) is 1. The Morgan fingerprint density at radius 1 is 1.39 bits per heavy atom. The Morgan fingerprint density at radius 3 is 2.56 bits per heavy atom. The summed E-state index contributed by atoms with van der Waals surface area (Å²) in [6.07, 6.45) is 0. The van der Waals surface area contributed by atoms with Crippen molar-refractivity contribution in [3.63, 3.8) is 0 Å². The van der Waals surface area contributed by atoms with Crippen molar-refractivity contribution in [3.8, 4) is 0 Å². The van der Waals surface area contributed by atoms with Crippen molar-refractivity contribution in [1.29, 1.82) is 0 Å². The zero-order valence-corrected chi connectivity index (χ0v) is 12.1. The summed E-state index contributed by atoms with van der Waals surface area (Å²) >= 11 is 1.44. The summed E-state index contributed by atoms with van der Waals surface area (Å²) in [6, 6.07) is 6.66. The Hall–Kier alpha value is -1.03. The van der Waals surface area contributed by atoms with Gasteiger partial charge in [-0.05, 0) is 39.3 Å². The fraction of sp³-hybridized carbons (Fsp3) is 0.500. The van der Waals surface area contributed by atoms with Crippen molar-refractivity contribution in [2.75, 3.05) is 0 Å². The number of rotatable bonds is 4. The summed E-state index contributed by atoms with van der Waals surface area (Å²) < 4.78 is 13.4. The second-order valence-electron chi connectivity index (χ2n) is 5.28. The minimum atomic E-state index is -0.232. The van der Waals surface area contributed by atoms with Crippen molar-refractivity contribution in [2.24, 2.45) is 0 Å². The number of benzene rings is 1. The Kier molecular flexibility index (Phi) is 5.20. The van der Waals surface area contributed by atoms with Crippen LogP contribution in [-0.4, -0.2) is 16.7 Å². The number of nitrogens with one attached hydrogen (secondary N) is 1. The summed E-state index contributed by atoms with van der Waals surface area (Å²) in [7, 11) is 0. The summed E-state index contributed by atoms with van der Waals surface area (Å²) in [5.74, 6) is 0.281. The van der Waals surface area contributed by atoms with Crippen LogP contribution in [0.2, 0.25) is 0 Å². The number of carbonyl (C=O) groups is 1. The largest absolute Gasteiger partial charge is 0.351 e. The van der Waals surface area contributed by atoms with E-state index in [1.54, 1.807) is 18.2 Å². The highest BCUT2D eigenvalue weighted by atomic mass is 32.2. The molecule has 0 heterocycles. The molecule has 0 fully saturated rings. The van der Waals surface area contributed by atoms with Crippen molar-refractivity contribution >= 4 is 17.7 Å². The highest BCUT2D eigenvalue weighted by molar-refractivity contribution is 7.99. The van der Waals surface area contributed by atoms with Gasteiger partial charge in [-0.3, -0.25) is 4.79 Å². The Morgan fingerprint density at radius 2 is 2.00 bits per heavy atom. The zero-order valence-electron chi connectivity index (χ0n) is 11.3. The third kappa shape index (κ3) is 5.08. The minimum Gasteiger partial charge on any atom is -0.351 e. The Bertz CT molecular complexity index is 415. The molecule has 0 aliphatic carbocycles. The Labute approximate surface area is 112 Å². The van der Waals surface area contributed by atoms with E-state index in [1.165, 1.54) is 17.8 Å². The lowest BCUT2D eigenvalue weighted by molar-refractivity contribution is -0.121. The monoisotopic (exact) mass is 269 g/mol. The SMILES string of the molecule is CC(SCc1ccccc1F)C(=O)NC(C)(C)C. The summed E-state index contributed by atoms with van der Waals surface area (Å²) in [4.78, 5) is 11.8. The van der Waals surface area contributed by atoms with Gasteiger partial charge in [0.1, 0.15) is 5.82 Å². The summed E-state index contributed by atoms with van der Waals surface area (Å²) in [6.45, 7) is 7.67. The van der Waals surface area contributed by atoms with Gasteiger partial charge < -0.3 is 5.32 Å². The lowest BCUT2D eigenvalue weighted by Crippen LogP contribution is -2.44. The van der Waals surface area contributed by atoms with Crippen molar-refractivity contribution in [3.05, 3.63) is 35.6 Å². The van der Waals surface area contributed by atoms with Crippen LogP contribution in [0.25, 0.3) is 0 Å². The van der Waals surface area contributed by atoms with Crippen LogP contribution >= 0.6 is 11.8 Å². The lowest BCUT2D eigenvalue weighted by Gasteiger charge is -2.23. The normalized spacial score (nSPS) is 13.2. The predicted octanol–water partition coefficient (Wildman–Crippen LogP) is 3.36. The second kappa shape index (κ2) is 6.23. The molecule has 1 aromatic rings. The highest BCUT2D eigenvalue weighted by Gasteiger charge is 2.19. The first-order valence-corrected chi connectivity index (χ1v) is 7.01. The van der Waals surface area contributed by atoms with Gasteiger partial charge in [-0.15, -0.1) is 11.8 Å². The Balaban J connectivity index is 2.49. The standard InChI is InChI=1S/C14H20FNOS/c1-10(13(17)16-14(2,3)4)18-9-11-7-5-6-8-12(11)15/h5-8,10H,9H2,1-4H3,(H,16,17). The average molecular weight is 269 g/mol. The van der Waals surface area contributed by atoms with E-state index in [9.17, 15) is 9.18 Å². The molecule has 18 heavy (non-hydrogen) atoms. The van der Waals surface area contributed by atoms with Crippen LogP contribution in [-0.2, 0) is 10.5 Å². The van der Waals surface area contributed by atoms with E-state index in [4.69, 9.17) is 0 Å². The van der Waals surface area contributed by atoms with Crippen molar-refractivity contribution in [1.82, 2.24) is 5.32 Å². The molecule has 0 saturated heterocycles. The molecule has 0 spiro atoms. The fourth-order valence-corrected chi connectivity index (χ4v) is 2.25. The molecule has 0 radical (unpaired) electrons. The van der Waals surface area contributed by atoms with E-state index < -0.39 is 0 Å². The van der Waals surface area contributed by atoms with E-state index >= 15 is 0 Å². The molecule has 100 valence electrons. The number of halogens is 1. The fourth-order valence-electron chi connectivity index (χ4n) is 1.38. The number of carbonyl (C=O) groups excluding carboxylic acids is 1. The van der Waals surface area contributed by atoms with E-state index in [0.29, 0.717) is 11.3 Å². The molecule has 1 N–H and O–H groups in total. The van der Waals surface area contributed by atoms with Crippen LogP contribution < -0.4 is 5.32 Å². The number of amides is 1. The minimum absolute atomic E-state index is 0.0103. The first-order chi connectivity index (χ1) is 8.29. The zero-order chi connectivity index (χ0) is 13.8. The van der Waals surface area contributed by atoms with Gasteiger partial charge in [-0.1, -0.05) is 18.2 Å².